The van der Waals surface area contributed by atoms with E-state index in [1.165, 1.54) is 37.7 Å². The lowest BCUT2D eigenvalue weighted by Crippen LogP contribution is -2.10. The zero-order valence-corrected chi connectivity index (χ0v) is 14.4. The van der Waals surface area contributed by atoms with Crippen LogP contribution >= 0.6 is 0 Å². The molecule has 1 fully saturated rings. The molecule has 0 amide bonds. The molecule has 1 aliphatic rings. The van der Waals surface area contributed by atoms with Gasteiger partial charge in [0.15, 0.2) is 5.69 Å². The molecule has 0 aliphatic heterocycles. The second-order valence-electron chi connectivity index (χ2n) is 6.57. The summed E-state index contributed by atoms with van der Waals surface area (Å²) >= 11 is 0. The van der Waals surface area contributed by atoms with E-state index in [9.17, 15) is 9.90 Å². The van der Waals surface area contributed by atoms with E-state index in [4.69, 9.17) is 0 Å². The van der Waals surface area contributed by atoms with Crippen molar-refractivity contribution in [3.05, 3.63) is 46.9 Å². The van der Waals surface area contributed by atoms with Gasteiger partial charge in [0.1, 0.15) is 0 Å². The summed E-state index contributed by atoms with van der Waals surface area (Å²) in [6.45, 7) is 3.72. The van der Waals surface area contributed by atoms with Crippen molar-refractivity contribution >= 4 is 5.97 Å². The number of hydrogen-bond donors (Lipinski definition) is 1. The van der Waals surface area contributed by atoms with Gasteiger partial charge in [0.05, 0.1) is 17.1 Å². The molecule has 1 aliphatic carbocycles. The highest BCUT2D eigenvalue weighted by molar-refractivity contribution is 5.87. The Bertz CT molecular complexity index is 732. The molecule has 0 saturated heterocycles. The molecule has 1 aromatic heterocycles. The highest BCUT2D eigenvalue weighted by atomic mass is 16.4. The van der Waals surface area contributed by atoms with Crippen LogP contribution in [0.4, 0.5) is 0 Å². The second-order valence-corrected chi connectivity index (χ2v) is 6.57. The number of aromatic nitrogens is 2. The summed E-state index contributed by atoms with van der Waals surface area (Å²) in [5.41, 5.74) is 4.38. The summed E-state index contributed by atoms with van der Waals surface area (Å²) in [5.74, 6) is -0.361. The van der Waals surface area contributed by atoms with E-state index in [-0.39, 0.29) is 5.69 Å². The fraction of sp³-hybridized carbons (Fsp3) is 0.450. The monoisotopic (exact) mass is 324 g/mol. The Morgan fingerprint density at radius 2 is 1.79 bits per heavy atom. The van der Waals surface area contributed by atoms with Crippen LogP contribution in [0.15, 0.2) is 24.3 Å². The van der Waals surface area contributed by atoms with Gasteiger partial charge in [0.2, 0.25) is 0 Å². The summed E-state index contributed by atoms with van der Waals surface area (Å²) in [6, 6.07) is 8.47. The first-order valence-electron chi connectivity index (χ1n) is 8.81. The van der Waals surface area contributed by atoms with Gasteiger partial charge in [-0.05, 0) is 37.7 Å². The van der Waals surface area contributed by atoms with Crippen molar-refractivity contribution in [3.63, 3.8) is 0 Å². The molecular weight excluding hydrogens is 300 g/mol. The third-order valence-corrected chi connectivity index (χ3v) is 4.94. The molecule has 0 bridgehead atoms. The van der Waals surface area contributed by atoms with Gasteiger partial charge in [0.25, 0.3) is 0 Å². The SMILES string of the molecule is CCc1nc(C)c(C(=O)O)nc1-c1ccc(C2CCCCC2)cc1. The van der Waals surface area contributed by atoms with E-state index < -0.39 is 5.97 Å². The van der Waals surface area contributed by atoms with Gasteiger partial charge >= 0.3 is 5.97 Å². The van der Waals surface area contributed by atoms with Crippen LogP contribution < -0.4 is 0 Å². The number of carbonyl (C=O) groups is 1. The van der Waals surface area contributed by atoms with E-state index in [0.717, 1.165) is 17.7 Å². The molecule has 1 heterocycles. The molecule has 24 heavy (non-hydrogen) atoms. The van der Waals surface area contributed by atoms with Crippen LogP contribution in [-0.4, -0.2) is 21.0 Å². The first-order valence-corrected chi connectivity index (χ1v) is 8.81. The summed E-state index contributed by atoms with van der Waals surface area (Å²) in [5, 5.41) is 9.31. The smallest absolute Gasteiger partial charge is 0.356 e. The molecule has 1 aromatic carbocycles. The number of carboxylic acids is 1. The lowest BCUT2D eigenvalue weighted by atomic mass is 9.84. The fourth-order valence-electron chi connectivity index (χ4n) is 3.59. The zero-order chi connectivity index (χ0) is 17.1. The number of aryl methyl sites for hydroxylation is 2. The number of aromatic carboxylic acids is 1. The number of nitrogens with zero attached hydrogens (tertiary/aromatic N) is 2. The Labute approximate surface area is 143 Å². The van der Waals surface area contributed by atoms with Crippen LogP contribution in [0.3, 0.4) is 0 Å². The quantitative estimate of drug-likeness (QED) is 0.880. The van der Waals surface area contributed by atoms with Crippen LogP contribution in [0, 0.1) is 6.92 Å². The van der Waals surface area contributed by atoms with Crippen molar-refractivity contribution in [3.8, 4) is 11.3 Å². The predicted molar refractivity (Wildman–Crippen MR) is 94.4 cm³/mol. The third kappa shape index (κ3) is 3.32. The van der Waals surface area contributed by atoms with Gasteiger partial charge in [-0.3, -0.25) is 4.98 Å². The van der Waals surface area contributed by atoms with E-state index in [0.29, 0.717) is 17.3 Å². The van der Waals surface area contributed by atoms with E-state index in [2.05, 4.69) is 34.2 Å². The molecule has 3 rings (SSSR count). The van der Waals surface area contributed by atoms with Crippen LogP contribution in [0.2, 0.25) is 0 Å². The number of hydrogen-bond acceptors (Lipinski definition) is 3. The Morgan fingerprint density at radius 3 is 2.38 bits per heavy atom. The zero-order valence-electron chi connectivity index (χ0n) is 14.4. The fourth-order valence-corrected chi connectivity index (χ4v) is 3.59. The standard InChI is InChI=1S/C20H24N2O2/c1-3-17-19(22-18(20(23)24)13(2)21-17)16-11-9-15(10-12-16)14-7-5-4-6-8-14/h9-12,14H,3-8H2,1-2H3,(H,23,24). The van der Waals surface area contributed by atoms with E-state index in [1.807, 2.05) is 6.92 Å². The molecular formula is C20H24N2O2. The highest BCUT2D eigenvalue weighted by Crippen LogP contribution is 2.33. The number of rotatable bonds is 4. The maximum atomic E-state index is 11.4. The molecule has 0 radical (unpaired) electrons. The van der Waals surface area contributed by atoms with Crippen molar-refractivity contribution in [1.29, 1.82) is 0 Å². The first kappa shape index (κ1) is 16.6. The largest absolute Gasteiger partial charge is 0.476 e. The molecule has 4 heteroatoms. The minimum absolute atomic E-state index is 0.0403. The van der Waals surface area contributed by atoms with Crippen molar-refractivity contribution in [2.45, 2.75) is 58.3 Å². The van der Waals surface area contributed by atoms with Crippen molar-refractivity contribution in [1.82, 2.24) is 9.97 Å². The Kier molecular flexibility index (Phi) is 4.93. The first-order chi connectivity index (χ1) is 11.6. The summed E-state index contributed by atoms with van der Waals surface area (Å²) < 4.78 is 0. The molecule has 2 aromatic rings. The normalized spacial score (nSPS) is 15.4. The molecule has 0 unspecified atom stereocenters. The average Bonchev–Trinajstić information content (AvgIpc) is 2.62. The van der Waals surface area contributed by atoms with Crippen LogP contribution in [-0.2, 0) is 6.42 Å². The van der Waals surface area contributed by atoms with Gasteiger partial charge in [-0.1, -0.05) is 50.5 Å². The summed E-state index contributed by atoms with van der Waals surface area (Å²) in [7, 11) is 0. The van der Waals surface area contributed by atoms with E-state index >= 15 is 0 Å². The van der Waals surface area contributed by atoms with Crippen molar-refractivity contribution < 1.29 is 9.90 Å². The Balaban J connectivity index is 1.96. The van der Waals surface area contributed by atoms with Crippen molar-refractivity contribution in [2.24, 2.45) is 0 Å². The molecule has 1 saturated carbocycles. The maximum absolute atomic E-state index is 11.4. The Hall–Kier alpha value is -2.23. The predicted octanol–water partition coefficient (Wildman–Crippen LogP) is 4.76. The lowest BCUT2D eigenvalue weighted by molar-refractivity contribution is 0.0689. The summed E-state index contributed by atoms with van der Waals surface area (Å²) in [4.78, 5) is 20.2. The Morgan fingerprint density at radius 1 is 1.12 bits per heavy atom. The lowest BCUT2D eigenvalue weighted by Gasteiger charge is -2.22. The minimum atomic E-state index is -1.03. The van der Waals surface area contributed by atoms with Gasteiger partial charge in [-0.25, -0.2) is 9.78 Å². The average molecular weight is 324 g/mol. The van der Waals surface area contributed by atoms with Gasteiger partial charge in [-0.15, -0.1) is 0 Å². The van der Waals surface area contributed by atoms with Crippen molar-refractivity contribution in [2.75, 3.05) is 0 Å². The molecule has 0 spiro atoms. The minimum Gasteiger partial charge on any atom is -0.476 e. The third-order valence-electron chi connectivity index (χ3n) is 4.94. The second kappa shape index (κ2) is 7.12. The topological polar surface area (TPSA) is 63.1 Å². The van der Waals surface area contributed by atoms with Crippen LogP contribution in [0.1, 0.15) is 72.4 Å². The number of carboxylic acid groups (broad SMARTS) is 1. The maximum Gasteiger partial charge on any atom is 0.356 e. The van der Waals surface area contributed by atoms with Crippen LogP contribution in [0.25, 0.3) is 11.3 Å². The van der Waals surface area contributed by atoms with Gasteiger partial charge in [0, 0.05) is 5.56 Å². The number of benzene rings is 1. The highest BCUT2D eigenvalue weighted by Gasteiger charge is 2.18. The summed E-state index contributed by atoms with van der Waals surface area (Å²) in [6.07, 6.45) is 7.26. The van der Waals surface area contributed by atoms with Gasteiger partial charge in [-0.2, -0.15) is 0 Å². The van der Waals surface area contributed by atoms with E-state index in [1.54, 1.807) is 6.92 Å². The molecule has 126 valence electrons. The van der Waals surface area contributed by atoms with Crippen LogP contribution in [0.5, 0.6) is 0 Å². The van der Waals surface area contributed by atoms with Gasteiger partial charge < -0.3 is 5.11 Å². The molecule has 1 N–H and O–H groups in total. The molecule has 0 atom stereocenters. The molecule has 4 nitrogen and oxygen atoms in total.